The second-order valence-corrected chi connectivity index (χ2v) is 10.1. The van der Waals surface area contributed by atoms with Crippen LogP contribution in [0.4, 0.5) is 16.2 Å². The van der Waals surface area contributed by atoms with Crippen LogP contribution in [0.15, 0.2) is 48.5 Å². The second kappa shape index (κ2) is 10.6. The molecule has 4 unspecified atom stereocenters. The smallest absolute Gasteiger partial charge is 0.323 e. The minimum absolute atomic E-state index is 0.0123. The number of amides is 2. The molecule has 2 aromatic carbocycles. The molecule has 7 heteroatoms. The molecule has 4 atom stereocenters. The zero-order valence-electron chi connectivity index (χ0n) is 20.3. The predicted octanol–water partition coefficient (Wildman–Crippen LogP) is 5.52. The highest BCUT2D eigenvalue weighted by molar-refractivity contribution is 5.99. The van der Waals surface area contributed by atoms with Gasteiger partial charge in [0, 0.05) is 29.3 Å². The molecule has 0 aliphatic heterocycles. The van der Waals surface area contributed by atoms with E-state index < -0.39 is 11.4 Å². The van der Waals surface area contributed by atoms with Gasteiger partial charge in [-0.3, -0.25) is 9.59 Å². The van der Waals surface area contributed by atoms with Gasteiger partial charge >= 0.3 is 12.0 Å². The number of anilines is 2. The van der Waals surface area contributed by atoms with Crippen LogP contribution in [-0.2, 0) is 16.1 Å². The molecule has 0 bridgehead atoms. The summed E-state index contributed by atoms with van der Waals surface area (Å²) in [7, 11) is 0. The van der Waals surface area contributed by atoms with Crippen LogP contribution >= 0.6 is 0 Å². The minimum atomic E-state index is -0.876. The Morgan fingerprint density at radius 3 is 2.49 bits per heavy atom. The van der Waals surface area contributed by atoms with Crippen LogP contribution in [0.1, 0.15) is 68.9 Å². The maximum absolute atomic E-state index is 13.3. The maximum atomic E-state index is 13.3. The first-order valence-electron chi connectivity index (χ1n) is 12.6. The molecule has 0 radical (unpaired) electrons. The zero-order valence-corrected chi connectivity index (χ0v) is 20.3. The monoisotopic (exact) mass is 477 g/mol. The van der Waals surface area contributed by atoms with Gasteiger partial charge < -0.3 is 21.5 Å². The Balaban J connectivity index is 1.35. The molecule has 2 aromatic rings. The van der Waals surface area contributed by atoms with E-state index in [4.69, 9.17) is 5.73 Å². The lowest BCUT2D eigenvalue weighted by Gasteiger charge is -2.46. The number of carbonyl (C=O) groups excluding carboxylic acids is 2. The van der Waals surface area contributed by atoms with E-state index in [0.29, 0.717) is 42.6 Å². The van der Waals surface area contributed by atoms with Crippen molar-refractivity contribution >= 4 is 29.2 Å². The maximum Gasteiger partial charge on any atom is 0.323 e. The van der Waals surface area contributed by atoms with E-state index in [2.05, 4.69) is 22.8 Å². The molecule has 0 heterocycles. The molecule has 2 saturated carbocycles. The van der Waals surface area contributed by atoms with Crippen LogP contribution < -0.4 is 16.4 Å². The molecule has 7 nitrogen and oxygen atoms in total. The van der Waals surface area contributed by atoms with Crippen molar-refractivity contribution in [2.45, 2.75) is 64.3 Å². The number of urea groups is 1. The Morgan fingerprint density at radius 1 is 1.06 bits per heavy atom. The van der Waals surface area contributed by atoms with E-state index in [1.807, 2.05) is 43.3 Å². The summed E-state index contributed by atoms with van der Waals surface area (Å²) in [5.74, 6) is -0.0118. The molecule has 35 heavy (non-hydrogen) atoms. The fourth-order valence-corrected chi connectivity index (χ4v) is 6.06. The Kier molecular flexibility index (Phi) is 7.55. The highest BCUT2D eigenvalue weighted by Gasteiger charge is 2.50. The molecule has 0 saturated heterocycles. The summed E-state index contributed by atoms with van der Waals surface area (Å²) >= 11 is 0. The van der Waals surface area contributed by atoms with Crippen molar-refractivity contribution < 1.29 is 19.5 Å². The highest BCUT2D eigenvalue weighted by atomic mass is 16.4. The normalized spacial score (nSPS) is 26.0. The summed E-state index contributed by atoms with van der Waals surface area (Å²) in [5.41, 5.74) is 8.55. The first kappa shape index (κ1) is 24.9. The van der Waals surface area contributed by atoms with Crippen molar-refractivity contribution in [3.63, 3.8) is 0 Å². The van der Waals surface area contributed by atoms with Crippen LogP contribution in [0.5, 0.6) is 0 Å². The lowest BCUT2D eigenvalue weighted by atomic mass is 9.56. The Labute approximate surface area is 206 Å². The molecule has 2 fully saturated rings. The Hall–Kier alpha value is -3.19. The Bertz CT molecular complexity index is 1080. The van der Waals surface area contributed by atoms with Crippen molar-refractivity contribution in [2.24, 2.45) is 23.0 Å². The van der Waals surface area contributed by atoms with Gasteiger partial charge in [-0.1, -0.05) is 31.2 Å². The summed E-state index contributed by atoms with van der Waals surface area (Å²) in [6.07, 6.45) is 4.84. The number of aliphatic carboxylic acids is 1. The predicted molar refractivity (Wildman–Crippen MR) is 136 cm³/mol. The van der Waals surface area contributed by atoms with Gasteiger partial charge in [-0.2, -0.15) is 0 Å². The number of hydrogen-bond donors (Lipinski definition) is 4. The van der Waals surface area contributed by atoms with Crippen LogP contribution in [0, 0.1) is 17.3 Å². The molecule has 2 amide bonds. The van der Waals surface area contributed by atoms with Gasteiger partial charge in [-0.15, -0.1) is 0 Å². The number of carbonyl (C=O) groups is 3. The summed E-state index contributed by atoms with van der Waals surface area (Å²) < 4.78 is 0. The summed E-state index contributed by atoms with van der Waals surface area (Å²) in [6, 6.07) is 15.1. The lowest BCUT2D eigenvalue weighted by Crippen LogP contribution is -2.46. The third kappa shape index (κ3) is 5.56. The van der Waals surface area contributed by atoms with Crippen LogP contribution in [0.25, 0.3) is 0 Å². The highest BCUT2D eigenvalue weighted by Crippen LogP contribution is 2.51. The molecule has 0 spiro atoms. The number of Topliss-reactive ketones (excluding diaryl/α,β-unsaturated/α-hetero) is 1. The van der Waals surface area contributed by atoms with E-state index in [-0.39, 0.29) is 24.2 Å². The number of hydrogen-bond acceptors (Lipinski definition) is 4. The number of nitrogens with one attached hydrogen (secondary N) is 2. The number of carboxylic acids is 1. The average molecular weight is 478 g/mol. The van der Waals surface area contributed by atoms with Gasteiger partial charge in [0.05, 0.1) is 6.42 Å². The Morgan fingerprint density at radius 2 is 1.80 bits per heavy atom. The van der Waals surface area contributed by atoms with E-state index in [9.17, 15) is 19.5 Å². The van der Waals surface area contributed by atoms with Crippen molar-refractivity contribution in [2.75, 3.05) is 10.6 Å². The van der Waals surface area contributed by atoms with Gasteiger partial charge in [0.2, 0.25) is 0 Å². The summed E-state index contributed by atoms with van der Waals surface area (Å²) in [5, 5.41) is 15.0. The van der Waals surface area contributed by atoms with Gasteiger partial charge in [0.1, 0.15) is 5.78 Å². The van der Waals surface area contributed by atoms with Gasteiger partial charge in [-0.05, 0) is 85.8 Å². The van der Waals surface area contributed by atoms with Gasteiger partial charge in [0.25, 0.3) is 0 Å². The summed E-state index contributed by atoms with van der Waals surface area (Å²) in [4.78, 5) is 37.1. The molecule has 4 rings (SSSR count). The van der Waals surface area contributed by atoms with Gasteiger partial charge in [-0.25, -0.2) is 4.79 Å². The minimum Gasteiger partial charge on any atom is -0.481 e. The summed E-state index contributed by atoms with van der Waals surface area (Å²) in [6.45, 7) is 2.36. The number of ketones is 1. The van der Waals surface area contributed by atoms with Crippen LogP contribution in [0.3, 0.4) is 0 Å². The lowest BCUT2D eigenvalue weighted by molar-refractivity contribution is -0.151. The number of carboxylic acid groups (broad SMARTS) is 1. The fourth-order valence-electron chi connectivity index (χ4n) is 6.06. The average Bonchev–Trinajstić information content (AvgIpc) is 2.86. The third-order valence-corrected chi connectivity index (χ3v) is 8.06. The molecule has 2 aliphatic rings. The molecule has 186 valence electrons. The van der Waals surface area contributed by atoms with Crippen molar-refractivity contribution in [3.8, 4) is 0 Å². The van der Waals surface area contributed by atoms with Crippen molar-refractivity contribution in [1.82, 2.24) is 0 Å². The topological polar surface area (TPSA) is 122 Å². The van der Waals surface area contributed by atoms with Crippen molar-refractivity contribution in [3.05, 3.63) is 59.7 Å². The van der Waals surface area contributed by atoms with Crippen LogP contribution in [0.2, 0.25) is 0 Å². The van der Waals surface area contributed by atoms with E-state index in [1.165, 1.54) is 5.56 Å². The molecule has 2 aliphatic carbocycles. The van der Waals surface area contributed by atoms with E-state index in [0.717, 1.165) is 31.2 Å². The number of rotatable bonds is 7. The number of nitrogens with two attached hydrogens (primary N) is 1. The second-order valence-electron chi connectivity index (χ2n) is 10.1. The first-order valence-corrected chi connectivity index (χ1v) is 12.6. The fraction of sp³-hybridized carbons (Fsp3) is 0.464. The molecule has 5 N–H and O–H groups in total. The quantitative estimate of drug-likeness (QED) is 0.418. The number of fused-ring (bicyclic) bond motifs is 1. The zero-order chi connectivity index (χ0) is 25.0. The first-order chi connectivity index (χ1) is 16.8. The standard InChI is InChI=1S/C28H35N3O4/c1-2-28(16-25(32)33)13-12-21-15-20(8-11-24(21)26(28)34)19-6-9-22(10-7-19)30-27(35)31-23-5-3-4-18(14-23)17-29/h3-7,9-10,14,20-21,24H,2,8,11-13,15-17,29H2,1H3,(H,32,33)(H2,30,31,35). The number of benzene rings is 2. The van der Waals surface area contributed by atoms with E-state index >= 15 is 0 Å². The van der Waals surface area contributed by atoms with Crippen molar-refractivity contribution in [1.29, 1.82) is 0 Å². The van der Waals surface area contributed by atoms with E-state index in [1.54, 1.807) is 0 Å². The van der Waals surface area contributed by atoms with Crippen LogP contribution in [-0.4, -0.2) is 22.9 Å². The van der Waals surface area contributed by atoms with Gasteiger partial charge in [0.15, 0.2) is 0 Å². The molecular weight excluding hydrogens is 442 g/mol. The molecule has 0 aromatic heterocycles. The molecular formula is C28H35N3O4. The largest absolute Gasteiger partial charge is 0.481 e. The third-order valence-electron chi connectivity index (χ3n) is 8.06. The SMILES string of the molecule is CCC1(CC(=O)O)CCC2CC(c3ccc(NC(=O)Nc4cccc(CN)c4)cc3)CCC2C1=O.